The molecule has 1 saturated carbocycles. The number of nitrogens with one attached hydrogen (secondary N) is 1. The first kappa shape index (κ1) is 13.7. The molecule has 2 unspecified atom stereocenters. The van der Waals surface area contributed by atoms with Crippen LogP contribution in [0.2, 0.25) is 0 Å². The van der Waals surface area contributed by atoms with Crippen molar-refractivity contribution < 1.29 is 0 Å². The van der Waals surface area contributed by atoms with Crippen molar-refractivity contribution in [2.24, 2.45) is 18.9 Å². The summed E-state index contributed by atoms with van der Waals surface area (Å²) in [6, 6.07) is 8.70. The Balaban J connectivity index is 1.68. The van der Waals surface area contributed by atoms with Crippen molar-refractivity contribution in [1.29, 1.82) is 0 Å². The van der Waals surface area contributed by atoms with Crippen LogP contribution in [0.4, 0.5) is 0 Å². The molecule has 2 nitrogen and oxygen atoms in total. The second kappa shape index (κ2) is 5.61. The Morgan fingerprint density at radius 1 is 1.25 bits per heavy atom. The number of benzene rings is 1. The molecule has 1 fully saturated rings. The number of aryl methyl sites for hydroxylation is 2. The van der Waals surface area contributed by atoms with Gasteiger partial charge >= 0.3 is 0 Å². The minimum Gasteiger partial charge on any atom is -0.346 e. The Labute approximate surface area is 122 Å². The maximum absolute atomic E-state index is 3.69. The van der Waals surface area contributed by atoms with Crippen molar-refractivity contribution in [3.05, 3.63) is 35.5 Å². The number of fused-ring (bicyclic) bond motifs is 1. The van der Waals surface area contributed by atoms with Gasteiger partial charge in [-0.3, -0.25) is 0 Å². The average Bonchev–Trinajstić information content (AvgIpc) is 2.97. The van der Waals surface area contributed by atoms with Crippen molar-refractivity contribution >= 4 is 10.9 Å². The fourth-order valence-electron chi connectivity index (χ4n) is 3.79. The number of rotatable bonds is 4. The molecule has 3 rings (SSSR count). The Morgan fingerprint density at radius 3 is 2.75 bits per heavy atom. The molecule has 1 aromatic heterocycles. The molecule has 1 aromatic carbocycles. The smallest absolute Gasteiger partial charge is 0.0483 e. The molecule has 2 heteroatoms. The molecule has 0 spiro atoms. The van der Waals surface area contributed by atoms with Crippen LogP contribution in [0, 0.1) is 18.8 Å². The van der Waals surface area contributed by atoms with Gasteiger partial charge < -0.3 is 9.88 Å². The maximum Gasteiger partial charge on any atom is 0.0483 e. The predicted molar refractivity (Wildman–Crippen MR) is 85.9 cm³/mol. The molecule has 0 saturated heterocycles. The minimum atomic E-state index is 0.889. The predicted octanol–water partition coefficient (Wildman–Crippen LogP) is 4.01. The van der Waals surface area contributed by atoms with E-state index in [2.05, 4.69) is 55.0 Å². The second-order valence-electron chi connectivity index (χ2n) is 6.56. The van der Waals surface area contributed by atoms with Crippen LogP contribution in [0.5, 0.6) is 0 Å². The molecule has 108 valence electrons. The summed E-state index contributed by atoms with van der Waals surface area (Å²) in [6.45, 7) is 6.79. The highest BCUT2D eigenvalue weighted by atomic mass is 15.0. The highest BCUT2D eigenvalue weighted by Crippen LogP contribution is 2.30. The van der Waals surface area contributed by atoms with E-state index in [1.165, 1.54) is 48.0 Å². The van der Waals surface area contributed by atoms with E-state index < -0.39 is 0 Å². The summed E-state index contributed by atoms with van der Waals surface area (Å²) in [6.07, 6.45) is 4.22. The van der Waals surface area contributed by atoms with E-state index in [0.29, 0.717) is 0 Å². The van der Waals surface area contributed by atoms with Gasteiger partial charge in [-0.05, 0) is 49.8 Å². The summed E-state index contributed by atoms with van der Waals surface area (Å²) < 4.78 is 2.34. The maximum atomic E-state index is 3.69. The van der Waals surface area contributed by atoms with E-state index in [-0.39, 0.29) is 0 Å². The van der Waals surface area contributed by atoms with Crippen molar-refractivity contribution in [3.63, 3.8) is 0 Å². The summed E-state index contributed by atoms with van der Waals surface area (Å²) >= 11 is 0. The fraction of sp³-hybridized carbons (Fsp3) is 0.556. The van der Waals surface area contributed by atoms with Gasteiger partial charge in [-0.2, -0.15) is 0 Å². The molecular weight excluding hydrogens is 244 g/mol. The van der Waals surface area contributed by atoms with E-state index in [4.69, 9.17) is 0 Å². The molecule has 0 amide bonds. The Morgan fingerprint density at radius 2 is 2.05 bits per heavy atom. The SMILES string of the molecule is Cc1c(CNCC2CCC(C)C2)n(C)c2ccccc12. The van der Waals surface area contributed by atoms with Gasteiger partial charge in [0.25, 0.3) is 0 Å². The lowest BCUT2D eigenvalue weighted by molar-refractivity contribution is 0.466. The fourth-order valence-corrected chi connectivity index (χ4v) is 3.79. The van der Waals surface area contributed by atoms with Crippen molar-refractivity contribution in [1.82, 2.24) is 9.88 Å². The largest absolute Gasteiger partial charge is 0.346 e. The molecule has 1 aliphatic rings. The summed E-state index contributed by atoms with van der Waals surface area (Å²) in [5.74, 6) is 1.82. The molecular formula is C18H26N2. The first-order valence-corrected chi connectivity index (χ1v) is 7.90. The zero-order valence-corrected chi connectivity index (χ0v) is 12.9. The monoisotopic (exact) mass is 270 g/mol. The van der Waals surface area contributed by atoms with Crippen LogP contribution in [-0.2, 0) is 13.6 Å². The van der Waals surface area contributed by atoms with Crippen molar-refractivity contribution in [2.75, 3.05) is 6.54 Å². The van der Waals surface area contributed by atoms with E-state index in [0.717, 1.165) is 18.4 Å². The molecule has 1 N–H and O–H groups in total. The van der Waals surface area contributed by atoms with Gasteiger partial charge in [0.1, 0.15) is 0 Å². The molecule has 2 atom stereocenters. The van der Waals surface area contributed by atoms with Crippen LogP contribution in [0.15, 0.2) is 24.3 Å². The van der Waals surface area contributed by atoms with Crippen LogP contribution in [0.25, 0.3) is 10.9 Å². The molecule has 1 heterocycles. The van der Waals surface area contributed by atoms with E-state index in [1.807, 2.05) is 0 Å². The lowest BCUT2D eigenvalue weighted by Gasteiger charge is -2.12. The molecule has 2 aromatic rings. The summed E-state index contributed by atoms with van der Waals surface area (Å²) in [7, 11) is 2.18. The van der Waals surface area contributed by atoms with Crippen LogP contribution >= 0.6 is 0 Å². The first-order valence-electron chi connectivity index (χ1n) is 7.90. The highest BCUT2D eigenvalue weighted by Gasteiger charge is 2.21. The van der Waals surface area contributed by atoms with Crippen LogP contribution < -0.4 is 5.32 Å². The van der Waals surface area contributed by atoms with Crippen molar-refractivity contribution in [3.8, 4) is 0 Å². The topological polar surface area (TPSA) is 17.0 Å². The standard InChI is InChI=1S/C18H26N2/c1-13-8-9-15(10-13)11-19-12-18-14(2)16-6-4-5-7-17(16)20(18)3/h4-7,13,15,19H,8-12H2,1-3H3. The van der Waals surface area contributed by atoms with E-state index in [9.17, 15) is 0 Å². The number of nitrogens with zero attached hydrogens (tertiary/aromatic N) is 1. The summed E-state index contributed by atoms with van der Waals surface area (Å²) in [4.78, 5) is 0. The Hall–Kier alpha value is -1.28. The first-order chi connectivity index (χ1) is 9.66. The quantitative estimate of drug-likeness (QED) is 0.888. The number of para-hydroxylation sites is 1. The van der Waals surface area contributed by atoms with Gasteiger partial charge in [-0.1, -0.05) is 31.5 Å². The third-order valence-electron chi connectivity index (χ3n) is 5.04. The molecule has 1 aliphatic carbocycles. The molecule has 0 radical (unpaired) electrons. The molecule has 20 heavy (non-hydrogen) atoms. The Kier molecular flexibility index (Phi) is 3.84. The lowest BCUT2D eigenvalue weighted by atomic mass is 10.1. The number of aromatic nitrogens is 1. The highest BCUT2D eigenvalue weighted by molar-refractivity contribution is 5.85. The van der Waals surface area contributed by atoms with Gasteiger partial charge in [0.15, 0.2) is 0 Å². The number of hydrogen-bond acceptors (Lipinski definition) is 1. The zero-order chi connectivity index (χ0) is 14.1. The summed E-state index contributed by atoms with van der Waals surface area (Å²) in [5, 5.41) is 5.08. The Bertz CT molecular complexity index is 558. The van der Waals surface area contributed by atoms with Crippen LogP contribution in [0.1, 0.15) is 37.4 Å². The normalized spacial score (nSPS) is 22.8. The van der Waals surface area contributed by atoms with Gasteiger partial charge in [-0.25, -0.2) is 0 Å². The average molecular weight is 270 g/mol. The van der Waals surface area contributed by atoms with E-state index >= 15 is 0 Å². The van der Waals surface area contributed by atoms with Gasteiger partial charge in [0.05, 0.1) is 0 Å². The molecule has 0 bridgehead atoms. The molecule has 0 aliphatic heterocycles. The van der Waals surface area contributed by atoms with Crippen LogP contribution in [-0.4, -0.2) is 11.1 Å². The van der Waals surface area contributed by atoms with Gasteiger partial charge in [0, 0.05) is 30.2 Å². The lowest BCUT2D eigenvalue weighted by Crippen LogP contribution is -2.22. The van der Waals surface area contributed by atoms with Gasteiger partial charge in [0.2, 0.25) is 0 Å². The third kappa shape index (κ3) is 2.49. The van der Waals surface area contributed by atoms with Crippen LogP contribution in [0.3, 0.4) is 0 Å². The van der Waals surface area contributed by atoms with Crippen molar-refractivity contribution in [2.45, 2.75) is 39.7 Å². The zero-order valence-electron chi connectivity index (χ0n) is 12.9. The second-order valence-corrected chi connectivity index (χ2v) is 6.56. The summed E-state index contributed by atoms with van der Waals surface area (Å²) in [5.41, 5.74) is 4.20. The van der Waals surface area contributed by atoms with E-state index in [1.54, 1.807) is 0 Å². The minimum absolute atomic E-state index is 0.889. The number of hydrogen-bond donors (Lipinski definition) is 1. The third-order valence-corrected chi connectivity index (χ3v) is 5.04. The van der Waals surface area contributed by atoms with Gasteiger partial charge in [-0.15, -0.1) is 0 Å².